The van der Waals surface area contributed by atoms with Gasteiger partial charge in [-0.25, -0.2) is 0 Å². The van der Waals surface area contributed by atoms with Crippen LogP contribution in [0.25, 0.3) is 0 Å². The number of aromatic hydroxyl groups is 1. The molecule has 98 valence electrons. The van der Waals surface area contributed by atoms with Crippen LogP contribution < -0.4 is 5.32 Å². The van der Waals surface area contributed by atoms with Crippen molar-refractivity contribution < 1.29 is 14.3 Å². The lowest BCUT2D eigenvalue weighted by Crippen LogP contribution is -2.00. The van der Waals surface area contributed by atoms with Crippen LogP contribution in [0.5, 0.6) is 5.75 Å². The molecule has 0 fully saturated rings. The first-order valence-electron chi connectivity index (χ1n) is 5.90. The normalized spacial score (nSPS) is 11.4. The van der Waals surface area contributed by atoms with Crippen LogP contribution in [0.2, 0.25) is 0 Å². The second-order valence-corrected chi connectivity index (χ2v) is 4.24. The Labute approximate surface area is 111 Å². The van der Waals surface area contributed by atoms with Gasteiger partial charge in [0, 0.05) is 11.8 Å². The summed E-state index contributed by atoms with van der Waals surface area (Å²) in [6.07, 6.45) is 1.44. The molecule has 0 aliphatic carbocycles. The van der Waals surface area contributed by atoms with E-state index in [0.717, 1.165) is 0 Å². The highest BCUT2D eigenvalue weighted by atomic mass is 16.3. The average molecular weight is 257 g/mol. The van der Waals surface area contributed by atoms with Crippen LogP contribution >= 0.6 is 0 Å². The molecule has 1 aromatic heterocycles. The van der Waals surface area contributed by atoms with Gasteiger partial charge in [0.05, 0.1) is 5.69 Å². The zero-order valence-electron chi connectivity index (χ0n) is 10.8. The van der Waals surface area contributed by atoms with Crippen molar-refractivity contribution in [1.29, 1.82) is 0 Å². The van der Waals surface area contributed by atoms with Crippen LogP contribution in [-0.4, -0.2) is 10.9 Å². The van der Waals surface area contributed by atoms with Crippen molar-refractivity contribution >= 4 is 11.5 Å². The van der Waals surface area contributed by atoms with E-state index in [1.54, 1.807) is 50.2 Å². The average Bonchev–Trinajstić information content (AvgIpc) is 2.79. The fourth-order valence-electron chi connectivity index (χ4n) is 1.66. The molecule has 2 aromatic rings. The Morgan fingerprint density at radius 3 is 2.63 bits per heavy atom. The Bertz CT molecular complexity index is 626. The number of para-hydroxylation sites is 2. The first-order valence-corrected chi connectivity index (χ1v) is 5.90. The maximum atomic E-state index is 11.9. The molecule has 2 N–H and O–H groups in total. The monoisotopic (exact) mass is 257 g/mol. The van der Waals surface area contributed by atoms with Crippen molar-refractivity contribution in [3.63, 3.8) is 0 Å². The highest BCUT2D eigenvalue weighted by molar-refractivity contribution is 6.03. The van der Waals surface area contributed by atoms with E-state index in [1.807, 2.05) is 0 Å². The third-order valence-electron chi connectivity index (χ3n) is 2.57. The Hall–Kier alpha value is -2.49. The van der Waals surface area contributed by atoms with E-state index in [4.69, 9.17) is 4.42 Å². The third kappa shape index (κ3) is 3.25. The molecule has 0 amide bonds. The van der Waals surface area contributed by atoms with Gasteiger partial charge in [-0.15, -0.1) is 0 Å². The van der Waals surface area contributed by atoms with Crippen molar-refractivity contribution in [2.45, 2.75) is 13.8 Å². The van der Waals surface area contributed by atoms with Crippen molar-refractivity contribution in [2.75, 3.05) is 5.32 Å². The van der Waals surface area contributed by atoms with E-state index >= 15 is 0 Å². The van der Waals surface area contributed by atoms with E-state index in [-0.39, 0.29) is 11.5 Å². The zero-order valence-corrected chi connectivity index (χ0v) is 10.8. The standard InChI is InChI=1S/C15H15NO3/c1-10(16-12-5-3-4-6-13(12)17)9-14(18)15-8-7-11(2)19-15/h3-9,16-17H,1-2H3/b10-9+. The molecular weight excluding hydrogens is 242 g/mol. The van der Waals surface area contributed by atoms with E-state index in [1.165, 1.54) is 6.08 Å². The Morgan fingerprint density at radius 1 is 1.26 bits per heavy atom. The second kappa shape index (κ2) is 5.44. The minimum atomic E-state index is -0.214. The molecule has 0 radical (unpaired) electrons. The molecule has 0 aliphatic rings. The molecule has 0 saturated heterocycles. The first-order chi connectivity index (χ1) is 9.06. The summed E-state index contributed by atoms with van der Waals surface area (Å²) in [6.45, 7) is 3.54. The molecule has 0 spiro atoms. The number of hydrogen-bond donors (Lipinski definition) is 2. The Balaban J connectivity index is 2.11. The number of anilines is 1. The number of hydrogen-bond acceptors (Lipinski definition) is 4. The SMILES string of the molecule is C/C(=C\C(=O)c1ccc(C)o1)Nc1ccccc1O. The molecule has 0 unspecified atom stereocenters. The van der Waals surface area contributed by atoms with Gasteiger partial charge >= 0.3 is 0 Å². The van der Waals surface area contributed by atoms with E-state index < -0.39 is 0 Å². The lowest BCUT2D eigenvalue weighted by atomic mass is 10.2. The van der Waals surface area contributed by atoms with Crippen LogP contribution in [-0.2, 0) is 0 Å². The smallest absolute Gasteiger partial charge is 0.222 e. The lowest BCUT2D eigenvalue weighted by Gasteiger charge is -2.07. The van der Waals surface area contributed by atoms with Gasteiger partial charge in [0.1, 0.15) is 11.5 Å². The van der Waals surface area contributed by atoms with Gasteiger partial charge in [-0.05, 0) is 38.1 Å². The van der Waals surface area contributed by atoms with Crippen molar-refractivity contribution in [2.24, 2.45) is 0 Å². The molecule has 0 aliphatic heterocycles. The van der Waals surface area contributed by atoms with Crippen LogP contribution in [0.1, 0.15) is 23.2 Å². The highest BCUT2D eigenvalue weighted by Crippen LogP contribution is 2.23. The van der Waals surface area contributed by atoms with E-state index in [0.29, 0.717) is 22.9 Å². The number of aryl methyl sites for hydroxylation is 1. The highest BCUT2D eigenvalue weighted by Gasteiger charge is 2.08. The summed E-state index contributed by atoms with van der Waals surface area (Å²) in [5.74, 6) is 0.920. The number of rotatable bonds is 4. The maximum absolute atomic E-state index is 11.9. The molecule has 0 saturated carbocycles. The first kappa shape index (κ1) is 13.0. The number of phenols is 1. The maximum Gasteiger partial charge on any atom is 0.222 e. The van der Waals surface area contributed by atoms with Gasteiger partial charge in [0.15, 0.2) is 5.76 Å². The largest absolute Gasteiger partial charge is 0.506 e. The molecule has 4 nitrogen and oxygen atoms in total. The molecule has 4 heteroatoms. The number of phenolic OH excluding ortho intramolecular Hbond substituents is 1. The summed E-state index contributed by atoms with van der Waals surface area (Å²) in [5.41, 5.74) is 1.18. The second-order valence-electron chi connectivity index (χ2n) is 4.24. The fraction of sp³-hybridized carbons (Fsp3) is 0.133. The van der Waals surface area contributed by atoms with Crippen LogP contribution in [0.3, 0.4) is 0 Å². The van der Waals surface area contributed by atoms with E-state index in [9.17, 15) is 9.90 Å². The lowest BCUT2D eigenvalue weighted by molar-refractivity contribution is 0.102. The minimum Gasteiger partial charge on any atom is -0.506 e. The number of carbonyl (C=O) groups is 1. The summed E-state index contributed by atoms with van der Waals surface area (Å²) in [5, 5.41) is 12.6. The van der Waals surface area contributed by atoms with Crippen molar-refractivity contribution in [1.82, 2.24) is 0 Å². The van der Waals surface area contributed by atoms with Crippen molar-refractivity contribution in [3.8, 4) is 5.75 Å². The molecule has 19 heavy (non-hydrogen) atoms. The summed E-state index contributed by atoms with van der Waals surface area (Å²) < 4.78 is 5.25. The number of ketones is 1. The predicted octanol–water partition coefficient (Wildman–Crippen LogP) is 3.49. The molecule has 1 heterocycles. The number of allylic oxidation sites excluding steroid dienone is 2. The van der Waals surface area contributed by atoms with Crippen LogP contribution in [0, 0.1) is 6.92 Å². The molecule has 0 bridgehead atoms. The summed E-state index contributed by atoms with van der Waals surface area (Å²) in [4.78, 5) is 11.9. The number of nitrogens with one attached hydrogen (secondary N) is 1. The summed E-state index contributed by atoms with van der Waals surface area (Å²) >= 11 is 0. The predicted molar refractivity (Wildman–Crippen MR) is 73.3 cm³/mol. The minimum absolute atomic E-state index is 0.136. The van der Waals surface area contributed by atoms with Gasteiger partial charge < -0.3 is 14.8 Å². The zero-order chi connectivity index (χ0) is 13.8. The quantitative estimate of drug-likeness (QED) is 0.500. The molecule has 1 aromatic carbocycles. The topological polar surface area (TPSA) is 62.5 Å². The van der Waals surface area contributed by atoms with Gasteiger partial charge in [0.25, 0.3) is 0 Å². The van der Waals surface area contributed by atoms with E-state index in [2.05, 4.69) is 5.32 Å². The molecular formula is C15H15NO3. The Kier molecular flexibility index (Phi) is 3.71. The van der Waals surface area contributed by atoms with Gasteiger partial charge in [0.2, 0.25) is 5.78 Å². The molecule has 2 rings (SSSR count). The number of furan rings is 1. The number of carbonyl (C=O) groups excluding carboxylic acids is 1. The van der Waals surface area contributed by atoms with Gasteiger partial charge in [-0.3, -0.25) is 4.79 Å². The van der Waals surface area contributed by atoms with Crippen LogP contribution in [0.15, 0.2) is 52.6 Å². The molecule has 0 atom stereocenters. The third-order valence-corrected chi connectivity index (χ3v) is 2.57. The summed E-state index contributed by atoms with van der Waals surface area (Å²) in [6, 6.07) is 10.2. The van der Waals surface area contributed by atoms with Crippen molar-refractivity contribution in [3.05, 3.63) is 59.7 Å². The summed E-state index contributed by atoms with van der Waals surface area (Å²) in [7, 11) is 0. The fourth-order valence-corrected chi connectivity index (χ4v) is 1.66. The Morgan fingerprint density at radius 2 is 2.00 bits per heavy atom. The van der Waals surface area contributed by atoms with Gasteiger partial charge in [-0.2, -0.15) is 0 Å². The number of benzene rings is 1. The van der Waals surface area contributed by atoms with Crippen LogP contribution in [0.4, 0.5) is 5.69 Å². The van der Waals surface area contributed by atoms with Gasteiger partial charge in [-0.1, -0.05) is 12.1 Å².